The van der Waals surface area contributed by atoms with Crippen molar-refractivity contribution in [3.05, 3.63) is 81.7 Å². The molecule has 0 saturated carbocycles. The molecule has 4 rings (SSSR count). The van der Waals surface area contributed by atoms with E-state index in [0.29, 0.717) is 24.5 Å². The molecule has 1 amide bonds. The number of amides is 1. The predicted molar refractivity (Wildman–Crippen MR) is 117 cm³/mol. The summed E-state index contributed by atoms with van der Waals surface area (Å²) in [5.41, 5.74) is 3.03. The molecule has 0 N–H and O–H groups in total. The van der Waals surface area contributed by atoms with Crippen LogP contribution in [-0.2, 0) is 17.8 Å². The van der Waals surface area contributed by atoms with Gasteiger partial charge in [0.15, 0.2) is 11.5 Å². The zero-order valence-electron chi connectivity index (χ0n) is 17.9. The number of benzene rings is 2. The Labute approximate surface area is 185 Å². The third-order valence-corrected chi connectivity index (χ3v) is 5.69. The second-order valence-electron chi connectivity index (χ2n) is 7.53. The van der Waals surface area contributed by atoms with Crippen LogP contribution in [0.3, 0.4) is 0 Å². The summed E-state index contributed by atoms with van der Waals surface area (Å²) in [5, 5.41) is 14.9. The average Bonchev–Trinajstić information content (AvgIpc) is 3.31. The van der Waals surface area contributed by atoms with E-state index in [0.717, 1.165) is 16.7 Å². The molecule has 0 fully saturated rings. The number of fused-ring (bicyclic) bond motifs is 1. The number of methoxy groups -OCH3 is 2. The number of hydrogen-bond acceptors (Lipinski definition) is 6. The van der Waals surface area contributed by atoms with Gasteiger partial charge in [-0.25, -0.2) is 0 Å². The standard InChI is InChI=1S/C23H24N4O5/c1-31-20-12-17-8-11-26(22(28)9-10-25-15-18(14-24-25)27(29)30)23(16-6-4-3-5-7-16)19(17)13-21(20)32-2/h3-7,12-15,23H,8-11H2,1-2H3. The molecule has 9 nitrogen and oxygen atoms in total. The minimum Gasteiger partial charge on any atom is -0.493 e. The monoisotopic (exact) mass is 436 g/mol. The molecule has 0 radical (unpaired) electrons. The normalized spacial score (nSPS) is 15.2. The van der Waals surface area contributed by atoms with Crippen molar-refractivity contribution >= 4 is 11.6 Å². The highest BCUT2D eigenvalue weighted by Gasteiger charge is 2.33. The van der Waals surface area contributed by atoms with Crippen LogP contribution in [0.5, 0.6) is 11.5 Å². The fourth-order valence-corrected chi connectivity index (χ4v) is 4.13. The molecule has 0 spiro atoms. The van der Waals surface area contributed by atoms with Crippen molar-refractivity contribution in [3.63, 3.8) is 0 Å². The molecule has 2 heterocycles. The molecular weight excluding hydrogens is 412 g/mol. The zero-order chi connectivity index (χ0) is 22.7. The van der Waals surface area contributed by atoms with Crippen LogP contribution in [0.15, 0.2) is 54.9 Å². The number of carbonyl (C=O) groups is 1. The first-order valence-corrected chi connectivity index (χ1v) is 10.3. The molecule has 9 heteroatoms. The molecule has 1 aliphatic heterocycles. The van der Waals surface area contributed by atoms with Gasteiger partial charge in [0.2, 0.25) is 5.91 Å². The summed E-state index contributed by atoms with van der Waals surface area (Å²) in [6, 6.07) is 13.5. The molecular formula is C23H24N4O5. The van der Waals surface area contributed by atoms with Gasteiger partial charge in [-0.15, -0.1) is 0 Å². The summed E-state index contributed by atoms with van der Waals surface area (Å²) < 4.78 is 12.4. The number of hydrogen-bond donors (Lipinski definition) is 0. The SMILES string of the molecule is COc1cc2c(cc1OC)C(c1ccccc1)N(C(=O)CCn1cc([N+](=O)[O-])cn1)CC2. The van der Waals surface area contributed by atoms with Crippen LogP contribution < -0.4 is 9.47 Å². The van der Waals surface area contributed by atoms with E-state index in [-0.39, 0.29) is 30.6 Å². The van der Waals surface area contributed by atoms with Crippen LogP contribution in [0.4, 0.5) is 5.69 Å². The number of carbonyl (C=O) groups excluding carboxylic acids is 1. The molecule has 0 saturated heterocycles. The molecule has 1 aromatic heterocycles. The molecule has 1 atom stereocenters. The van der Waals surface area contributed by atoms with Crippen molar-refractivity contribution < 1.29 is 19.2 Å². The Morgan fingerprint density at radius 1 is 1.19 bits per heavy atom. The highest BCUT2D eigenvalue weighted by Crippen LogP contribution is 2.41. The quantitative estimate of drug-likeness (QED) is 0.416. The van der Waals surface area contributed by atoms with Crippen molar-refractivity contribution in [2.24, 2.45) is 0 Å². The Hall–Kier alpha value is -3.88. The maximum Gasteiger partial charge on any atom is 0.306 e. The first kappa shape index (κ1) is 21.4. The lowest BCUT2D eigenvalue weighted by atomic mass is 9.87. The van der Waals surface area contributed by atoms with Crippen LogP contribution in [-0.4, -0.2) is 46.3 Å². The summed E-state index contributed by atoms with van der Waals surface area (Å²) in [5.74, 6) is 1.24. The third kappa shape index (κ3) is 4.14. The van der Waals surface area contributed by atoms with Crippen LogP contribution in [0, 0.1) is 10.1 Å². The van der Waals surface area contributed by atoms with Gasteiger partial charge in [0.1, 0.15) is 12.4 Å². The smallest absolute Gasteiger partial charge is 0.306 e. The Morgan fingerprint density at radius 2 is 1.91 bits per heavy atom. The molecule has 2 aromatic carbocycles. The van der Waals surface area contributed by atoms with E-state index in [1.54, 1.807) is 14.2 Å². The summed E-state index contributed by atoms with van der Waals surface area (Å²) in [7, 11) is 3.20. The fourth-order valence-electron chi connectivity index (χ4n) is 4.13. The van der Waals surface area contributed by atoms with Crippen LogP contribution in [0.1, 0.15) is 29.2 Å². The molecule has 1 aliphatic rings. The van der Waals surface area contributed by atoms with Gasteiger partial charge < -0.3 is 14.4 Å². The van der Waals surface area contributed by atoms with Gasteiger partial charge in [0.25, 0.3) is 0 Å². The molecule has 0 aliphatic carbocycles. The number of aryl methyl sites for hydroxylation is 1. The lowest BCUT2D eigenvalue weighted by Gasteiger charge is -2.38. The van der Waals surface area contributed by atoms with E-state index < -0.39 is 4.92 Å². The van der Waals surface area contributed by atoms with E-state index >= 15 is 0 Å². The maximum absolute atomic E-state index is 13.3. The zero-order valence-corrected chi connectivity index (χ0v) is 17.9. The average molecular weight is 436 g/mol. The predicted octanol–water partition coefficient (Wildman–Crippen LogP) is 3.37. The van der Waals surface area contributed by atoms with Crippen molar-refractivity contribution in [3.8, 4) is 11.5 Å². The van der Waals surface area contributed by atoms with Crippen molar-refractivity contribution in [1.82, 2.24) is 14.7 Å². The van der Waals surface area contributed by atoms with Crippen LogP contribution >= 0.6 is 0 Å². The second-order valence-corrected chi connectivity index (χ2v) is 7.53. The Bertz CT molecular complexity index is 1130. The first-order valence-electron chi connectivity index (χ1n) is 10.3. The lowest BCUT2D eigenvalue weighted by Crippen LogP contribution is -2.41. The summed E-state index contributed by atoms with van der Waals surface area (Å²) in [4.78, 5) is 25.5. The maximum atomic E-state index is 13.3. The van der Waals surface area contributed by atoms with E-state index in [9.17, 15) is 14.9 Å². The first-order chi connectivity index (χ1) is 15.5. The minimum atomic E-state index is -0.500. The van der Waals surface area contributed by atoms with Gasteiger partial charge in [-0.05, 0) is 35.2 Å². The van der Waals surface area contributed by atoms with E-state index in [4.69, 9.17) is 9.47 Å². The van der Waals surface area contributed by atoms with Crippen LogP contribution in [0.2, 0.25) is 0 Å². The molecule has 3 aromatic rings. The molecule has 166 valence electrons. The van der Waals surface area contributed by atoms with Gasteiger partial charge >= 0.3 is 5.69 Å². The van der Waals surface area contributed by atoms with Gasteiger partial charge in [-0.1, -0.05) is 30.3 Å². The number of ether oxygens (including phenoxy) is 2. The van der Waals surface area contributed by atoms with Gasteiger partial charge in [-0.3, -0.25) is 19.6 Å². The summed E-state index contributed by atoms with van der Waals surface area (Å²) in [6.07, 6.45) is 3.40. The number of nitrogens with zero attached hydrogens (tertiary/aromatic N) is 4. The Morgan fingerprint density at radius 3 is 2.56 bits per heavy atom. The summed E-state index contributed by atoms with van der Waals surface area (Å²) >= 11 is 0. The Kier molecular flexibility index (Phi) is 6.07. The summed E-state index contributed by atoms with van der Waals surface area (Å²) in [6.45, 7) is 0.823. The van der Waals surface area contributed by atoms with E-state index in [1.807, 2.05) is 47.4 Å². The molecule has 32 heavy (non-hydrogen) atoms. The van der Waals surface area contributed by atoms with Crippen LogP contribution in [0.25, 0.3) is 0 Å². The van der Waals surface area contributed by atoms with Gasteiger partial charge in [0, 0.05) is 19.5 Å². The highest BCUT2D eigenvalue weighted by atomic mass is 16.6. The van der Waals surface area contributed by atoms with E-state index in [1.165, 1.54) is 17.1 Å². The van der Waals surface area contributed by atoms with Crippen molar-refractivity contribution in [2.75, 3.05) is 20.8 Å². The van der Waals surface area contributed by atoms with Crippen molar-refractivity contribution in [1.29, 1.82) is 0 Å². The van der Waals surface area contributed by atoms with Crippen molar-refractivity contribution in [2.45, 2.75) is 25.4 Å². The Balaban J connectivity index is 1.64. The highest BCUT2D eigenvalue weighted by molar-refractivity contribution is 5.78. The third-order valence-electron chi connectivity index (χ3n) is 5.69. The van der Waals surface area contributed by atoms with Gasteiger partial charge in [-0.2, -0.15) is 5.10 Å². The topological polar surface area (TPSA) is 99.7 Å². The largest absolute Gasteiger partial charge is 0.493 e. The minimum absolute atomic E-state index is 0.0440. The van der Waals surface area contributed by atoms with Gasteiger partial charge in [0.05, 0.1) is 25.2 Å². The lowest BCUT2D eigenvalue weighted by molar-refractivity contribution is -0.385. The van der Waals surface area contributed by atoms with E-state index in [2.05, 4.69) is 5.10 Å². The second kappa shape index (κ2) is 9.09. The molecule has 1 unspecified atom stereocenters. The number of nitro groups is 1. The number of aromatic nitrogens is 2. The fraction of sp³-hybridized carbons (Fsp3) is 0.304. The number of rotatable bonds is 7. The molecule has 0 bridgehead atoms.